The maximum absolute atomic E-state index is 14.5. The SMILES string of the molecule is FC(F)(F)c1cc(-c2ccc3c(c2)c2ccccc2n3-c2c(-c3cccc(-n4c5ccccc5c5ccccc54)c3)cc(-c3cc(-c4ccccc4)nc(-c4ccccc4)n3)cc2-c2cccc(-n3c4ccccc4c4ccccc43)c2)cc(C(F)(F)F)c1. The number of rotatable bonds is 9. The summed E-state index contributed by atoms with van der Waals surface area (Å²) in [5.74, 6) is 0.539. The first-order valence-electron chi connectivity index (χ1n) is 29.1. The summed E-state index contributed by atoms with van der Waals surface area (Å²) >= 11 is 0. The summed E-state index contributed by atoms with van der Waals surface area (Å²) in [6.45, 7) is 0. The largest absolute Gasteiger partial charge is 0.416 e. The van der Waals surface area contributed by atoms with Crippen LogP contribution in [0.4, 0.5) is 26.3 Å². The second kappa shape index (κ2) is 20.7. The smallest absolute Gasteiger partial charge is 0.309 e. The van der Waals surface area contributed by atoms with E-state index in [1.807, 2.05) is 121 Å². The Bertz CT molecular complexity index is 5110. The minimum absolute atomic E-state index is 0.166. The zero-order valence-electron chi connectivity index (χ0n) is 47.1. The van der Waals surface area contributed by atoms with E-state index in [1.165, 1.54) is 0 Å². The summed E-state index contributed by atoms with van der Waals surface area (Å²) in [4.78, 5) is 10.6. The summed E-state index contributed by atoms with van der Waals surface area (Å²) in [6.07, 6.45) is -10.1. The highest BCUT2D eigenvalue weighted by Crippen LogP contribution is 2.47. The number of alkyl halides is 6. The molecule has 4 aromatic heterocycles. The van der Waals surface area contributed by atoms with E-state index in [1.54, 1.807) is 12.1 Å². The molecule has 0 aliphatic rings. The fourth-order valence-electron chi connectivity index (χ4n) is 13.1. The van der Waals surface area contributed by atoms with Crippen molar-refractivity contribution in [2.24, 2.45) is 0 Å². The average molecular weight is 1170 g/mol. The lowest BCUT2D eigenvalue weighted by Crippen LogP contribution is -2.11. The lowest BCUT2D eigenvalue weighted by atomic mass is 9.91. The van der Waals surface area contributed by atoms with Crippen molar-refractivity contribution < 1.29 is 26.3 Å². The van der Waals surface area contributed by atoms with Crippen LogP contribution in [-0.4, -0.2) is 23.7 Å². The molecule has 4 heterocycles. The monoisotopic (exact) mass is 1170 g/mol. The lowest BCUT2D eigenvalue weighted by Gasteiger charge is -2.22. The van der Waals surface area contributed by atoms with Gasteiger partial charge in [-0.3, -0.25) is 0 Å². The van der Waals surface area contributed by atoms with E-state index in [4.69, 9.17) is 9.97 Å². The second-order valence-electron chi connectivity index (χ2n) is 22.3. The Morgan fingerprint density at radius 3 is 1.09 bits per heavy atom. The summed E-state index contributed by atoms with van der Waals surface area (Å²) in [5, 5.41) is 5.80. The van der Waals surface area contributed by atoms with Crippen molar-refractivity contribution >= 4 is 65.4 Å². The molecule has 0 amide bonds. The lowest BCUT2D eigenvalue weighted by molar-refractivity contribution is -0.143. The average Bonchev–Trinajstić information content (AvgIpc) is 1.66. The Morgan fingerprint density at radius 1 is 0.247 bits per heavy atom. The maximum Gasteiger partial charge on any atom is 0.416 e. The molecule has 0 bridgehead atoms. The van der Waals surface area contributed by atoms with Crippen LogP contribution in [-0.2, 0) is 12.4 Å². The first-order chi connectivity index (χ1) is 43.4. The highest BCUT2D eigenvalue weighted by molar-refractivity contribution is 6.13. The first kappa shape index (κ1) is 53.2. The Kier molecular flexibility index (Phi) is 12.4. The Hall–Kier alpha value is -11.3. The molecular formula is C78H47F6N5. The van der Waals surface area contributed by atoms with Crippen molar-refractivity contribution in [3.05, 3.63) is 296 Å². The van der Waals surface area contributed by atoms with Crippen molar-refractivity contribution in [1.82, 2.24) is 23.7 Å². The van der Waals surface area contributed by atoms with Crippen molar-refractivity contribution in [2.45, 2.75) is 12.4 Å². The van der Waals surface area contributed by atoms with Crippen molar-refractivity contribution in [3.8, 4) is 84.3 Å². The predicted octanol–water partition coefficient (Wildman–Crippen LogP) is 21.8. The number of hydrogen-bond acceptors (Lipinski definition) is 2. The maximum atomic E-state index is 14.5. The molecule has 0 fully saturated rings. The molecule has 0 aliphatic carbocycles. The van der Waals surface area contributed by atoms with E-state index in [0.717, 1.165) is 128 Å². The Labute approximate surface area is 505 Å². The fraction of sp³-hybridized carbons (Fsp3) is 0.0256. The number of fused-ring (bicyclic) bond motifs is 9. The van der Waals surface area contributed by atoms with Gasteiger partial charge < -0.3 is 13.7 Å². The molecule has 0 spiro atoms. The molecule has 0 saturated heterocycles. The Morgan fingerprint density at radius 2 is 0.629 bits per heavy atom. The van der Waals surface area contributed by atoms with Crippen LogP contribution in [0.5, 0.6) is 0 Å². The van der Waals surface area contributed by atoms with Crippen LogP contribution in [0.3, 0.4) is 0 Å². The minimum Gasteiger partial charge on any atom is -0.309 e. The van der Waals surface area contributed by atoms with E-state index < -0.39 is 23.5 Å². The van der Waals surface area contributed by atoms with Gasteiger partial charge in [-0.25, -0.2) is 9.97 Å². The molecule has 0 atom stereocenters. The summed E-state index contributed by atoms with van der Waals surface area (Å²) in [6, 6.07) is 91.6. The third-order valence-corrected chi connectivity index (χ3v) is 17.0. The number of benzene rings is 12. The van der Waals surface area contributed by atoms with Crippen molar-refractivity contribution in [1.29, 1.82) is 0 Å². The first-order valence-corrected chi connectivity index (χ1v) is 29.1. The molecule has 426 valence electrons. The molecule has 11 heteroatoms. The summed E-state index contributed by atoms with van der Waals surface area (Å²) in [7, 11) is 0. The van der Waals surface area contributed by atoms with Crippen LogP contribution in [0.15, 0.2) is 285 Å². The molecule has 0 saturated carbocycles. The van der Waals surface area contributed by atoms with Gasteiger partial charge in [-0.15, -0.1) is 0 Å². The molecule has 0 unspecified atom stereocenters. The normalized spacial score (nSPS) is 12.2. The molecule has 16 aromatic rings. The molecule has 0 radical (unpaired) electrons. The van der Waals surface area contributed by atoms with Crippen LogP contribution < -0.4 is 0 Å². The summed E-state index contributed by atoms with van der Waals surface area (Å²) < 4.78 is 93.8. The van der Waals surface area contributed by atoms with Gasteiger partial charge in [-0.05, 0) is 125 Å². The zero-order chi connectivity index (χ0) is 60.1. The molecule has 89 heavy (non-hydrogen) atoms. The topological polar surface area (TPSA) is 40.6 Å². The fourth-order valence-corrected chi connectivity index (χ4v) is 13.1. The van der Waals surface area contributed by atoms with Crippen LogP contribution in [0, 0.1) is 0 Å². The van der Waals surface area contributed by atoms with E-state index in [9.17, 15) is 26.3 Å². The molecular weight excluding hydrogens is 1120 g/mol. The third-order valence-electron chi connectivity index (χ3n) is 17.0. The van der Waals surface area contributed by atoms with Crippen LogP contribution >= 0.6 is 0 Å². The highest BCUT2D eigenvalue weighted by atomic mass is 19.4. The molecule has 16 rings (SSSR count). The number of halogens is 6. The van der Waals surface area contributed by atoms with E-state index in [2.05, 4.69) is 147 Å². The summed E-state index contributed by atoms with van der Waals surface area (Å²) in [5.41, 5.74) is 12.6. The van der Waals surface area contributed by atoms with Gasteiger partial charge in [0, 0.05) is 71.5 Å². The van der Waals surface area contributed by atoms with E-state index in [-0.39, 0.29) is 17.2 Å². The van der Waals surface area contributed by atoms with Gasteiger partial charge in [-0.1, -0.05) is 182 Å². The number of para-hydroxylation sites is 5. The van der Waals surface area contributed by atoms with E-state index >= 15 is 0 Å². The zero-order valence-corrected chi connectivity index (χ0v) is 47.1. The van der Waals surface area contributed by atoms with Crippen molar-refractivity contribution in [2.75, 3.05) is 0 Å². The highest BCUT2D eigenvalue weighted by Gasteiger charge is 2.37. The number of nitrogens with zero attached hydrogens (tertiary/aromatic N) is 5. The molecule has 0 N–H and O–H groups in total. The molecule has 0 aliphatic heterocycles. The quantitative estimate of drug-likeness (QED) is 0.135. The van der Waals surface area contributed by atoms with Gasteiger partial charge in [0.1, 0.15) is 0 Å². The number of aromatic nitrogens is 5. The molecule has 5 nitrogen and oxygen atoms in total. The van der Waals surface area contributed by atoms with Gasteiger partial charge >= 0.3 is 12.4 Å². The third kappa shape index (κ3) is 9.11. The van der Waals surface area contributed by atoms with Gasteiger partial charge in [0.15, 0.2) is 5.82 Å². The van der Waals surface area contributed by atoms with Gasteiger partial charge in [-0.2, -0.15) is 26.3 Å². The van der Waals surface area contributed by atoms with Crippen LogP contribution in [0.25, 0.3) is 150 Å². The van der Waals surface area contributed by atoms with Gasteiger partial charge in [0.05, 0.1) is 61.3 Å². The van der Waals surface area contributed by atoms with Crippen LogP contribution in [0.1, 0.15) is 11.1 Å². The molecule has 12 aromatic carbocycles. The number of hydrogen-bond donors (Lipinski definition) is 0. The van der Waals surface area contributed by atoms with E-state index in [0.29, 0.717) is 22.4 Å². The van der Waals surface area contributed by atoms with Crippen LogP contribution in [0.2, 0.25) is 0 Å². The van der Waals surface area contributed by atoms with Crippen molar-refractivity contribution in [3.63, 3.8) is 0 Å². The second-order valence-corrected chi connectivity index (χ2v) is 22.3. The van der Waals surface area contributed by atoms with Gasteiger partial charge in [0.25, 0.3) is 0 Å². The Balaban J connectivity index is 1.03. The minimum atomic E-state index is -5.04. The predicted molar refractivity (Wildman–Crippen MR) is 348 cm³/mol. The van der Waals surface area contributed by atoms with Gasteiger partial charge in [0.2, 0.25) is 0 Å². The standard InChI is InChI=1S/C78H47F6N5/c79-77(80,81)55-39-53(40-56(46-55)78(82,83)84)50-37-38-74-66(43-50)63-31-11-16-36-73(63)89(74)75-64(51-23-17-25-57(41-51)87-69-32-12-7-27-59(69)60-28-8-13-33-70(60)87)44-54(68-47-67(48-19-3-1-4-20-48)85-76(86-68)49-21-5-2-6-22-49)45-65(75)52-24-18-26-58(42-52)88-71-34-14-9-29-61(71)62-30-10-15-35-72(62)88/h1-47H.